The van der Waals surface area contributed by atoms with Crippen LogP contribution in [0, 0.1) is 0 Å². The lowest BCUT2D eigenvalue weighted by Gasteiger charge is -2.24. The van der Waals surface area contributed by atoms with Gasteiger partial charge in [-0.05, 0) is 32.2 Å². The maximum absolute atomic E-state index is 12.1. The minimum Gasteiger partial charge on any atom is -0.466 e. The molecule has 0 atom stereocenters. The zero-order valence-electron chi connectivity index (χ0n) is 13.2. The molecule has 0 aliphatic heterocycles. The van der Waals surface area contributed by atoms with Crippen molar-refractivity contribution in [3.05, 3.63) is 22.9 Å². The summed E-state index contributed by atoms with van der Waals surface area (Å²) in [5.41, 5.74) is 0.135. The van der Waals surface area contributed by atoms with E-state index in [0.29, 0.717) is 11.7 Å². The molecule has 6 nitrogen and oxygen atoms in total. The summed E-state index contributed by atoms with van der Waals surface area (Å²) < 4.78 is 4.90. The summed E-state index contributed by atoms with van der Waals surface area (Å²) in [4.78, 5) is 29.0. The van der Waals surface area contributed by atoms with E-state index in [0.717, 1.165) is 10.6 Å². The number of esters is 1. The fraction of sp³-hybridized carbons (Fsp3) is 0.400. The molecule has 0 radical (unpaired) electrons. The Morgan fingerprint density at radius 3 is 2.78 bits per heavy atom. The van der Waals surface area contributed by atoms with Gasteiger partial charge >= 0.3 is 12.0 Å². The minimum atomic E-state index is -0.704. The molecule has 0 aliphatic rings. The summed E-state index contributed by atoms with van der Waals surface area (Å²) in [6, 6.07) is 3.54. The highest BCUT2D eigenvalue weighted by Gasteiger charge is 2.25. The van der Waals surface area contributed by atoms with E-state index < -0.39 is 11.6 Å². The summed E-state index contributed by atoms with van der Waals surface area (Å²) in [6.45, 7) is 5.61. The summed E-state index contributed by atoms with van der Waals surface area (Å²) in [6.07, 6.45) is 0.104. The highest BCUT2D eigenvalue weighted by Crippen LogP contribution is 2.28. The predicted molar refractivity (Wildman–Crippen MR) is 92.9 cm³/mol. The monoisotopic (exact) mass is 353 g/mol. The van der Waals surface area contributed by atoms with Crippen LogP contribution < -0.4 is 10.6 Å². The Bertz CT molecular complexity index is 665. The topological polar surface area (TPSA) is 80.3 Å². The van der Waals surface area contributed by atoms with E-state index in [1.54, 1.807) is 32.1 Å². The lowest BCUT2D eigenvalue weighted by Crippen LogP contribution is -2.47. The average Bonchev–Trinajstić information content (AvgIpc) is 3.07. The lowest BCUT2D eigenvalue weighted by atomic mass is 10.0. The summed E-state index contributed by atoms with van der Waals surface area (Å²) in [5, 5.41) is 9.84. The number of amides is 2. The van der Waals surface area contributed by atoms with Crippen LogP contribution in [0.3, 0.4) is 0 Å². The summed E-state index contributed by atoms with van der Waals surface area (Å²) >= 11 is 2.95. The second-order valence-electron chi connectivity index (χ2n) is 5.46. The Morgan fingerprint density at radius 2 is 2.13 bits per heavy atom. The molecule has 0 fully saturated rings. The molecule has 8 heteroatoms. The molecule has 0 aliphatic carbocycles. The van der Waals surface area contributed by atoms with Crippen LogP contribution in [-0.4, -0.2) is 29.1 Å². The molecule has 124 valence electrons. The van der Waals surface area contributed by atoms with Crippen LogP contribution in [0.5, 0.6) is 0 Å². The molecule has 0 saturated heterocycles. The van der Waals surface area contributed by atoms with Crippen molar-refractivity contribution in [3.63, 3.8) is 0 Å². The van der Waals surface area contributed by atoms with Crippen LogP contribution in [0.1, 0.15) is 27.2 Å². The number of ether oxygens (including phenoxy) is 1. The fourth-order valence-corrected chi connectivity index (χ4v) is 3.39. The molecule has 2 N–H and O–H groups in total. The highest BCUT2D eigenvalue weighted by molar-refractivity contribution is 7.16. The standard InChI is InChI=1S/C15H19N3O3S2/c1-4-21-12(19)8-15(2,3)18-13(20)17-14-16-10(9-23-14)11-6-5-7-22-11/h5-7,9H,4,8H2,1-3H3,(H2,16,17,18,20). The molecule has 0 aromatic carbocycles. The second-order valence-corrected chi connectivity index (χ2v) is 7.27. The number of aromatic nitrogens is 1. The van der Waals surface area contributed by atoms with Gasteiger partial charge in [-0.15, -0.1) is 22.7 Å². The largest absolute Gasteiger partial charge is 0.466 e. The predicted octanol–water partition coefficient (Wildman–Crippen LogP) is 3.72. The van der Waals surface area contributed by atoms with Crippen LogP contribution in [0.15, 0.2) is 22.9 Å². The van der Waals surface area contributed by atoms with Crippen molar-refractivity contribution in [2.24, 2.45) is 0 Å². The number of urea groups is 1. The van der Waals surface area contributed by atoms with Crippen LogP contribution >= 0.6 is 22.7 Å². The second kappa shape index (κ2) is 7.56. The lowest BCUT2D eigenvalue weighted by molar-refractivity contribution is -0.144. The number of nitrogens with one attached hydrogen (secondary N) is 2. The molecule has 2 heterocycles. The molecule has 2 aromatic heterocycles. The highest BCUT2D eigenvalue weighted by atomic mass is 32.1. The van der Waals surface area contributed by atoms with E-state index in [-0.39, 0.29) is 12.4 Å². The molecule has 2 rings (SSSR count). The molecule has 23 heavy (non-hydrogen) atoms. The van der Waals surface area contributed by atoms with E-state index in [1.807, 2.05) is 22.9 Å². The zero-order valence-corrected chi connectivity index (χ0v) is 14.8. The number of anilines is 1. The van der Waals surface area contributed by atoms with E-state index in [2.05, 4.69) is 15.6 Å². The molecule has 0 unspecified atom stereocenters. The first-order chi connectivity index (χ1) is 10.9. The van der Waals surface area contributed by atoms with E-state index in [4.69, 9.17) is 4.74 Å². The first-order valence-corrected chi connectivity index (χ1v) is 8.90. The zero-order chi connectivity index (χ0) is 16.9. The van der Waals surface area contributed by atoms with E-state index >= 15 is 0 Å². The van der Waals surface area contributed by atoms with E-state index in [9.17, 15) is 9.59 Å². The molecule has 0 spiro atoms. The fourth-order valence-electron chi connectivity index (χ4n) is 1.92. The number of carbonyl (C=O) groups excluding carboxylic acids is 2. The average molecular weight is 353 g/mol. The van der Waals surface area contributed by atoms with Crippen molar-refractivity contribution >= 4 is 39.8 Å². The van der Waals surface area contributed by atoms with Crippen LogP contribution in [0.25, 0.3) is 10.6 Å². The first kappa shape index (κ1) is 17.4. The van der Waals surface area contributed by atoms with Gasteiger partial charge in [-0.2, -0.15) is 0 Å². The van der Waals surface area contributed by atoms with Gasteiger partial charge in [0.25, 0.3) is 0 Å². The van der Waals surface area contributed by atoms with Crippen molar-refractivity contribution in [1.82, 2.24) is 10.3 Å². The van der Waals surface area contributed by atoms with Crippen molar-refractivity contribution in [1.29, 1.82) is 0 Å². The van der Waals surface area contributed by atoms with Crippen molar-refractivity contribution in [2.75, 3.05) is 11.9 Å². The smallest absolute Gasteiger partial charge is 0.321 e. The van der Waals surface area contributed by atoms with Gasteiger partial charge in [-0.25, -0.2) is 9.78 Å². The Kier molecular flexibility index (Phi) is 5.73. The van der Waals surface area contributed by atoms with Gasteiger partial charge in [0.15, 0.2) is 5.13 Å². The summed E-state index contributed by atoms with van der Waals surface area (Å²) in [7, 11) is 0. The van der Waals surface area contributed by atoms with Crippen molar-refractivity contribution in [3.8, 4) is 10.6 Å². The molecule has 0 saturated carbocycles. The van der Waals surface area contributed by atoms with Crippen molar-refractivity contribution in [2.45, 2.75) is 32.7 Å². The third kappa shape index (κ3) is 5.33. The van der Waals surface area contributed by atoms with Gasteiger partial charge in [0.05, 0.1) is 23.6 Å². The number of rotatable bonds is 6. The number of hydrogen-bond acceptors (Lipinski definition) is 6. The Hall–Kier alpha value is -1.93. The number of carbonyl (C=O) groups is 2. The molecule has 0 bridgehead atoms. The van der Waals surface area contributed by atoms with Crippen molar-refractivity contribution < 1.29 is 14.3 Å². The third-order valence-electron chi connectivity index (χ3n) is 2.84. The minimum absolute atomic E-state index is 0.104. The quantitative estimate of drug-likeness (QED) is 0.776. The van der Waals surface area contributed by atoms with E-state index in [1.165, 1.54) is 11.3 Å². The van der Waals surface area contributed by atoms with Gasteiger partial charge in [-0.3, -0.25) is 10.1 Å². The molecule has 2 amide bonds. The first-order valence-electron chi connectivity index (χ1n) is 7.14. The third-order valence-corrected chi connectivity index (χ3v) is 4.49. The van der Waals surface area contributed by atoms with Crippen LogP contribution in [0.4, 0.5) is 9.93 Å². The van der Waals surface area contributed by atoms with Gasteiger partial charge < -0.3 is 10.1 Å². The number of thiazole rings is 1. The Morgan fingerprint density at radius 1 is 1.35 bits per heavy atom. The van der Waals surface area contributed by atoms with Crippen LogP contribution in [-0.2, 0) is 9.53 Å². The molecular weight excluding hydrogens is 334 g/mol. The number of thiophene rings is 1. The number of hydrogen-bond donors (Lipinski definition) is 2. The van der Waals surface area contributed by atoms with Gasteiger partial charge in [0.2, 0.25) is 0 Å². The molecular formula is C15H19N3O3S2. The maximum Gasteiger partial charge on any atom is 0.321 e. The van der Waals surface area contributed by atoms with Gasteiger partial charge in [-0.1, -0.05) is 6.07 Å². The number of nitrogens with zero attached hydrogens (tertiary/aromatic N) is 1. The Labute approximate surface area is 142 Å². The Balaban J connectivity index is 1.90. The summed E-state index contributed by atoms with van der Waals surface area (Å²) in [5.74, 6) is -0.341. The van der Waals surface area contributed by atoms with Gasteiger partial charge in [0, 0.05) is 10.9 Å². The van der Waals surface area contributed by atoms with Crippen LogP contribution in [0.2, 0.25) is 0 Å². The molecule has 2 aromatic rings. The normalized spacial score (nSPS) is 11.1. The SMILES string of the molecule is CCOC(=O)CC(C)(C)NC(=O)Nc1nc(-c2cccs2)cs1. The maximum atomic E-state index is 12.1. The van der Waals surface area contributed by atoms with Gasteiger partial charge in [0.1, 0.15) is 0 Å².